The molecule has 0 saturated carbocycles. The molecule has 27 heavy (non-hydrogen) atoms. The second kappa shape index (κ2) is 16.3. The number of rotatable bonds is 0. The summed E-state index contributed by atoms with van der Waals surface area (Å²) in [5.74, 6) is 0.965. The van der Waals surface area contributed by atoms with Crippen LogP contribution in [-0.4, -0.2) is 28.4 Å². The monoisotopic (exact) mass is 462 g/mol. The van der Waals surface area contributed by atoms with Crippen LogP contribution in [0.4, 0.5) is 0 Å². The number of hydrogen-bond donors (Lipinski definition) is 4. The van der Waals surface area contributed by atoms with Crippen molar-refractivity contribution in [3.63, 3.8) is 0 Å². The average molecular weight is 464 g/mol. The van der Waals surface area contributed by atoms with Crippen LogP contribution in [0.2, 0.25) is 19.6 Å². The number of aromatic hydroxyl groups is 3. The molecule has 0 aromatic heterocycles. The van der Waals surface area contributed by atoms with Gasteiger partial charge in [0, 0.05) is 26.2 Å². The van der Waals surface area contributed by atoms with Crippen molar-refractivity contribution in [1.29, 1.82) is 0 Å². The summed E-state index contributed by atoms with van der Waals surface area (Å²) in [4.78, 5) is 8.66. The first-order valence-electron chi connectivity index (χ1n) is 8.13. The summed E-state index contributed by atoms with van der Waals surface area (Å²) >= 11 is 0. The summed E-state index contributed by atoms with van der Waals surface area (Å²) < 4.78 is 0. The summed E-state index contributed by atoms with van der Waals surface area (Å²) in [7, 11) is -1.61. The van der Waals surface area contributed by atoms with Gasteiger partial charge >= 0.3 is 0 Å². The maximum atomic E-state index is 8.66. The number of phenolic OH excluding ortho intramolecular Hbond substituents is 3. The van der Waals surface area contributed by atoms with Crippen LogP contribution in [0.25, 0.3) is 0 Å². The van der Waals surface area contributed by atoms with Gasteiger partial charge in [-0.15, -0.1) is 0 Å². The molecular weight excluding hydrogens is 436 g/mol. The standard InChI is InChI=1S/3C6H6O.C3H10OSi.Zr/c3*7-6-4-2-1-3-5-6;1-5(2,3)4;/h3*1-5,7H;4H,1-3H3;. The third-order valence-electron chi connectivity index (χ3n) is 2.27. The van der Waals surface area contributed by atoms with E-state index in [1.807, 2.05) is 37.8 Å². The quantitative estimate of drug-likeness (QED) is 0.354. The Hall–Kier alpha value is -1.88. The maximum Gasteiger partial charge on any atom is 0.179 e. The van der Waals surface area contributed by atoms with Gasteiger partial charge in [-0.3, -0.25) is 0 Å². The van der Waals surface area contributed by atoms with E-state index in [-0.39, 0.29) is 26.2 Å². The Morgan fingerprint density at radius 1 is 0.481 bits per heavy atom. The summed E-state index contributed by atoms with van der Waals surface area (Å²) in [6, 6.07) is 26.1. The van der Waals surface area contributed by atoms with Gasteiger partial charge in [0.15, 0.2) is 8.32 Å². The molecule has 6 heteroatoms. The van der Waals surface area contributed by atoms with Crippen molar-refractivity contribution < 1.29 is 46.3 Å². The van der Waals surface area contributed by atoms with Crippen LogP contribution in [0.3, 0.4) is 0 Å². The Kier molecular flexibility index (Phi) is 16.5. The summed E-state index contributed by atoms with van der Waals surface area (Å²) in [5.41, 5.74) is 0. The molecule has 0 fully saturated rings. The molecule has 0 aliphatic heterocycles. The summed E-state index contributed by atoms with van der Waals surface area (Å²) in [6.45, 7) is 5.65. The molecule has 0 atom stereocenters. The molecule has 0 radical (unpaired) electrons. The molecule has 4 N–H and O–H groups in total. The Balaban J connectivity index is 0. The summed E-state index contributed by atoms with van der Waals surface area (Å²) in [6.07, 6.45) is 0. The van der Waals surface area contributed by atoms with E-state index in [0.717, 1.165) is 0 Å². The molecule has 144 valence electrons. The molecule has 3 aromatic carbocycles. The van der Waals surface area contributed by atoms with Gasteiger partial charge in [0.1, 0.15) is 17.2 Å². The minimum absolute atomic E-state index is 0. The zero-order valence-corrected chi connectivity index (χ0v) is 19.4. The minimum Gasteiger partial charge on any atom is -0.508 e. The van der Waals surface area contributed by atoms with Crippen molar-refractivity contribution in [1.82, 2.24) is 0 Å². The van der Waals surface area contributed by atoms with Crippen LogP contribution in [0.1, 0.15) is 0 Å². The fraction of sp³-hybridized carbons (Fsp3) is 0.143. The van der Waals surface area contributed by atoms with Gasteiger partial charge in [0.05, 0.1) is 0 Å². The van der Waals surface area contributed by atoms with Gasteiger partial charge in [-0.05, 0) is 56.0 Å². The minimum atomic E-state index is -1.61. The van der Waals surface area contributed by atoms with Gasteiger partial charge in [0.2, 0.25) is 0 Å². The first-order valence-corrected chi connectivity index (χ1v) is 11.6. The zero-order chi connectivity index (χ0) is 19.8. The van der Waals surface area contributed by atoms with Crippen molar-refractivity contribution in [3.05, 3.63) is 91.0 Å². The van der Waals surface area contributed by atoms with Gasteiger partial charge in [-0.25, -0.2) is 0 Å². The number of benzene rings is 3. The van der Waals surface area contributed by atoms with E-state index in [2.05, 4.69) is 0 Å². The Labute approximate surface area is 182 Å². The van der Waals surface area contributed by atoms with Crippen LogP contribution in [0, 0.1) is 0 Å². The topological polar surface area (TPSA) is 80.9 Å². The first kappa shape index (κ1) is 27.3. The smallest absolute Gasteiger partial charge is 0.179 e. The van der Waals surface area contributed by atoms with Gasteiger partial charge in [-0.1, -0.05) is 54.6 Å². The Morgan fingerprint density at radius 3 is 0.704 bits per heavy atom. The maximum absolute atomic E-state index is 8.66. The van der Waals surface area contributed by atoms with E-state index < -0.39 is 8.32 Å². The van der Waals surface area contributed by atoms with Crippen LogP contribution in [0.5, 0.6) is 17.2 Å². The van der Waals surface area contributed by atoms with Gasteiger partial charge in [-0.2, -0.15) is 0 Å². The van der Waals surface area contributed by atoms with E-state index in [0.29, 0.717) is 17.2 Å². The molecular formula is C21H28O4SiZr. The molecule has 0 aliphatic rings. The molecule has 0 aliphatic carbocycles. The fourth-order valence-electron chi connectivity index (χ4n) is 1.28. The van der Waals surface area contributed by atoms with E-state index in [4.69, 9.17) is 20.1 Å². The fourth-order valence-corrected chi connectivity index (χ4v) is 1.28. The van der Waals surface area contributed by atoms with Crippen LogP contribution < -0.4 is 0 Å². The molecule has 0 unspecified atom stereocenters. The zero-order valence-electron chi connectivity index (χ0n) is 15.9. The molecule has 0 heterocycles. The average Bonchev–Trinajstić information content (AvgIpc) is 2.57. The molecule has 0 amide bonds. The van der Waals surface area contributed by atoms with Crippen LogP contribution in [0.15, 0.2) is 91.0 Å². The van der Waals surface area contributed by atoms with E-state index in [1.54, 1.807) is 72.8 Å². The third kappa shape index (κ3) is 24.1. The molecule has 0 spiro atoms. The van der Waals surface area contributed by atoms with E-state index in [9.17, 15) is 0 Å². The van der Waals surface area contributed by atoms with Crippen LogP contribution in [-0.2, 0) is 26.2 Å². The van der Waals surface area contributed by atoms with Crippen molar-refractivity contribution in [2.75, 3.05) is 0 Å². The van der Waals surface area contributed by atoms with Crippen molar-refractivity contribution in [2.45, 2.75) is 19.6 Å². The van der Waals surface area contributed by atoms with Gasteiger partial charge < -0.3 is 20.1 Å². The molecule has 0 saturated heterocycles. The molecule has 4 nitrogen and oxygen atoms in total. The van der Waals surface area contributed by atoms with Crippen molar-refractivity contribution in [2.24, 2.45) is 0 Å². The van der Waals surface area contributed by atoms with Crippen LogP contribution >= 0.6 is 0 Å². The normalized spacial score (nSPS) is 8.89. The van der Waals surface area contributed by atoms with Crippen molar-refractivity contribution in [3.8, 4) is 17.2 Å². The summed E-state index contributed by atoms with van der Waals surface area (Å²) in [5, 5.41) is 25.9. The third-order valence-corrected chi connectivity index (χ3v) is 2.27. The molecule has 0 bridgehead atoms. The number of phenols is 3. The second-order valence-corrected chi connectivity index (χ2v) is 10.5. The largest absolute Gasteiger partial charge is 0.508 e. The first-order chi connectivity index (χ1) is 12.2. The predicted octanol–water partition coefficient (Wildman–Crippen LogP) is 4.99. The Morgan fingerprint density at radius 2 is 0.630 bits per heavy atom. The van der Waals surface area contributed by atoms with Crippen molar-refractivity contribution >= 4 is 8.32 Å². The number of hydrogen-bond acceptors (Lipinski definition) is 4. The second-order valence-electron chi connectivity index (χ2n) is 6.18. The Bertz CT molecular complexity index is 580. The van der Waals surface area contributed by atoms with E-state index >= 15 is 0 Å². The number of para-hydroxylation sites is 3. The SMILES string of the molecule is C[Si](C)(C)O.Oc1ccccc1.Oc1ccccc1.Oc1ccccc1.[Zr]. The molecule has 3 rings (SSSR count). The van der Waals surface area contributed by atoms with E-state index in [1.165, 1.54) is 0 Å². The predicted molar refractivity (Wildman–Crippen MR) is 110 cm³/mol. The van der Waals surface area contributed by atoms with Gasteiger partial charge in [0.25, 0.3) is 0 Å². The molecule has 3 aromatic rings.